The molecule has 1 aliphatic rings. The third-order valence-corrected chi connectivity index (χ3v) is 5.21. The lowest BCUT2D eigenvalue weighted by molar-refractivity contribution is 0.102. The smallest absolute Gasteiger partial charge is 0.275 e. The van der Waals surface area contributed by atoms with Crippen molar-refractivity contribution in [3.05, 3.63) is 53.2 Å². The number of benzene rings is 1. The van der Waals surface area contributed by atoms with E-state index < -0.39 is 0 Å². The lowest BCUT2D eigenvalue weighted by Gasteiger charge is -2.29. The summed E-state index contributed by atoms with van der Waals surface area (Å²) in [4.78, 5) is 20.2. The number of rotatable bonds is 4. The molecule has 0 spiro atoms. The lowest BCUT2D eigenvalue weighted by atomic mass is 10.2. The molecule has 3 aromatic rings. The van der Waals surface area contributed by atoms with Gasteiger partial charge in [0.2, 0.25) is 0 Å². The highest BCUT2D eigenvalue weighted by Crippen LogP contribution is 2.28. The molecule has 0 bridgehead atoms. The fourth-order valence-electron chi connectivity index (χ4n) is 2.90. The van der Waals surface area contributed by atoms with Crippen molar-refractivity contribution in [3.8, 4) is 10.8 Å². The van der Waals surface area contributed by atoms with E-state index in [1.165, 1.54) is 11.3 Å². The highest BCUT2D eigenvalue weighted by Gasteiger charge is 2.18. The molecule has 26 heavy (non-hydrogen) atoms. The minimum Gasteiger partial charge on any atom is -0.462 e. The maximum atomic E-state index is 12.7. The molecule has 0 aliphatic carbocycles. The Labute approximate surface area is 155 Å². The Hall–Kier alpha value is -2.64. The van der Waals surface area contributed by atoms with Crippen molar-refractivity contribution in [2.75, 3.05) is 36.5 Å². The molecule has 3 heterocycles. The normalized spacial score (nSPS) is 14.4. The molecule has 1 amide bonds. The Morgan fingerprint density at radius 3 is 2.85 bits per heavy atom. The second kappa shape index (κ2) is 7.31. The maximum Gasteiger partial charge on any atom is 0.275 e. The molecule has 0 atom stereocenters. The molecule has 4 rings (SSSR count). The van der Waals surface area contributed by atoms with E-state index in [2.05, 4.69) is 15.2 Å². The monoisotopic (exact) mass is 369 g/mol. The largest absolute Gasteiger partial charge is 0.462 e. The van der Waals surface area contributed by atoms with Gasteiger partial charge in [0.05, 0.1) is 19.5 Å². The van der Waals surface area contributed by atoms with Crippen LogP contribution in [-0.2, 0) is 4.74 Å². The summed E-state index contributed by atoms with van der Waals surface area (Å²) >= 11 is 1.45. The standard InChI is InChI=1S/C19H19N3O3S/c1-13-17(21-19(26-13)16-6-3-9-25-16)18(23)20-14-4-2-5-15(12-14)22-7-10-24-11-8-22/h2-6,9,12H,7-8,10-11H2,1H3,(H,20,23). The van der Waals surface area contributed by atoms with Crippen LogP contribution in [0.15, 0.2) is 47.1 Å². The number of hydrogen-bond donors (Lipinski definition) is 1. The number of anilines is 2. The maximum absolute atomic E-state index is 12.7. The van der Waals surface area contributed by atoms with E-state index in [1.807, 2.05) is 43.3 Å². The zero-order chi connectivity index (χ0) is 17.9. The van der Waals surface area contributed by atoms with Gasteiger partial charge in [-0.1, -0.05) is 6.07 Å². The number of aromatic nitrogens is 1. The van der Waals surface area contributed by atoms with Crippen LogP contribution in [-0.4, -0.2) is 37.2 Å². The van der Waals surface area contributed by atoms with Gasteiger partial charge in [0.25, 0.3) is 5.91 Å². The van der Waals surface area contributed by atoms with Crippen LogP contribution in [0.1, 0.15) is 15.4 Å². The van der Waals surface area contributed by atoms with Gasteiger partial charge >= 0.3 is 0 Å². The first-order chi connectivity index (χ1) is 12.7. The van der Waals surface area contributed by atoms with E-state index in [0.717, 1.165) is 42.6 Å². The summed E-state index contributed by atoms with van der Waals surface area (Å²) in [5, 5.41) is 3.66. The fraction of sp³-hybridized carbons (Fsp3) is 0.263. The van der Waals surface area contributed by atoms with Crippen LogP contribution in [0.4, 0.5) is 11.4 Å². The Morgan fingerprint density at radius 2 is 2.08 bits per heavy atom. The van der Waals surface area contributed by atoms with E-state index >= 15 is 0 Å². The average molecular weight is 369 g/mol. The van der Waals surface area contributed by atoms with Gasteiger partial charge in [0.15, 0.2) is 10.8 Å². The van der Waals surface area contributed by atoms with Crippen molar-refractivity contribution in [2.45, 2.75) is 6.92 Å². The van der Waals surface area contributed by atoms with Crippen molar-refractivity contribution in [1.29, 1.82) is 0 Å². The molecule has 1 N–H and O–H groups in total. The van der Waals surface area contributed by atoms with Crippen LogP contribution >= 0.6 is 11.3 Å². The van der Waals surface area contributed by atoms with E-state index in [4.69, 9.17) is 9.15 Å². The third kappa shape index (κ3) is 3.49. The van der Waals surface area contributed by atoms with Crippen LogP contribution in [0.5, 0.6) is 0 Å². The van der Waals surface area contributed by atoms with Gasteiger partial charge in [-0.2, -0.15) is 0 Å². The van der Waals surface area contributed by atoms with Gasteiger partial charge in [-0.25, -0.2) is 4.98 Å². The van der Waals surface area contributed by atoms with Gasteiger partial charge in [-0.15, -0.1) is 11.3 Å². The molecule has 7 heteroatoms. The predicted molar refractivity (Wildman–Crippen MR) is 102 cm³/mol. The molecule has 134 valence electrons. The number of aryl methyl sites for hydroxylation is 1. The van der Waals surface area contributed by atoms with Gasteiger partial charge in [0, 0.05) is 29.3 Å². The van der Waals surface area contributed by atoms with Crippen LogP contribution in [0.2, 0.25) is 0 Å². The molecule has 2 aromatic heterocycles. The zero-order valence-corrected chi connectivity index (χ0v) is 15.2. The van der Waals surface area contributed by atoms with E-state index in [-0.39, 0.29) is 5.91 Å². The number of furan rings is 1. The van der Waals surface area contributed by atoms with E-state index in [0.29, 0.717) is 16.5 Å². The summed E-state index contributed by atoms with van der Waals surface area (Å²) in [5.41, 5.74) is 2.27. The Kier molecular flexibility index (Phi) is 4.73. The molecule has 1 fully saturated rings. The van der Waals surface area contributed by atoms with Crippen molar-refractivity contribution in [1.82, 2.24) is 4.98 Å². The SMILES string of the molecule is Cc1sc(-c2ccco2)nc1C(=O)Nc1cccc(N2CCOCC2)c1. The number of nitrogens with one attached hydrogen (secondary N) is 1. The first kappa shape index (κ1) is 16.8. The Bertz CT molecular complexity index is 899. The van der Waals surface area contributed by atoms with Crippen molar-refractivity contribution in [2.24, 2.45) is 0 Å². The van der Waals surface area contributed by atoms with Gasteiger partial charge < -0.3 is 19.4 Å². The summed E-state index contributed by atoms with van der Waals surface area (Å²) < 4.78 is 10.8. The molecule has 0 unspecified atom stereocenters. The molecular weight excluding hydrogens is 350 g/mol. The quantitative estimate of drug-likeness (QED) is 0.758. The molecule has 1 aliphatic heterocycles. The number of amides is 1. The molecular formula is C19H19N3O3S. The highest BCUT2D eigenvalue weighted by molar-refractivity contribution is 7.15. The number of carbonyl (C=O) groups is 1. The Balaban J connectivity index is 1.51. The van der Waals surface area contributed by atoms with Crippen LogP contribution in [0.25, 0.3) is 10.8 Å². The van der Waals surface area contributed by atoms with Crippen molar-refractivity contribution < 1.29 is 13.9 Å². The van der Waals surface area contributed by atoms with Gasteiger partial charge in [-0.05, 0) is 37.3 Å². The van der Waals surface area contributed by atoms with Crippen molar-refractivity contribution in [3.63, 3.8) is 0 Å². The van der Waals surface area contributed by atoms with E-state index in [9.17, 15) is 4.79 Å². The zero-order valence-electron chi connectivity index (χ0n) is 14.4. The first-order valence-electron chi connectivity index (χ1n) is 8.46. The number of hydrogen-bond acceptors (Lipinski definition) is 6. The lowest BCUT2D eigenvalue weighted by Crippen LogP contribution is -2.36. The molecule has 1 saturated heterocycles. The second-order valence-corrected chi connectivity index (χ2v) is 7.21. The molecule has 1 aromatic carbocycles. The van der Waals surface area contributed by atoms with Crippen LogP contribution in [0.3, 0.4) is 0 Å². The minimum atomic E-state index is -0.212. The summed E-state index contributed by atoms with van der Waals surface area (Å²) in [6.07, 6.45) is 1.60. The molecule has 0 saturated carbocycles. The molecule has 0 radical (unpaired) electrons. The summed E-state index contributed by atoms with van der Waals surface area (Å²) in [6.45, 7) is 5.06. The van der Waals surface area contributed by atoms with Crippen LogP contribution in [0, 0.1) is 6.92 Å². The minimum absolute atomic E-state index is 0.212. The number of ether oxygens (including phenoxy) is 1. The number of morpholine rings is 1. The third-order valence-electron chi connectivity index (χ3n) is 4.22. The summed E-state index contributed by atoms with van der Waals surface area (Å²) in [6, 6.07) is 11.5. The number of thiazole rings is 1. The van der Waals surface area contributed by atoms with Crippen LogP contribution < -0.4 is 10.2 Å². The van der Waals surface area contributed by atoms with Gasteiger partial charge in [0.1, 0.15) is 5.69 Å². The van der Waals surface area contributed by atoms with E-state index in [1.54, 1.807) is 6.26 Å². The average Bonchev–Trinajstić information content (AvgIpc) is 3.32. The second-order valence-electron chi connectivity index (χ2n) is 6.00. The van der Waals surface area contributed by atoms with Crippen molar-refractivity contribution >= 4 is 28.6 Å². The summed E-state index contributed by atoms with van der Waals surface area (Å²) in [7, 11) is 0. The highest BCUT2D eigenvalue weighted by atomic mass is 32.1. The Morgan fingerprint density at radius 1 is 1.23 bits per heavy atom. The van der Waals surface area contributed by atoms with Gasteiger partial charge in [-0.3, -0.25) is 4.79 Å². The molecule has 6 nitrogen and oxygen atoms in total. The predicted octanol–water partition coefficient (Wildman–Crippen LogP) is 3.80. The first-order valence-corrected chi connectivity index (χ1v) is 9.28. The number of nitrogens with zero attached hydrogens (tertiary/aromatic N) is 2. The topological polar surface area (TPSA) is 67.6 Å². The fourth-order valence-corrected chi connectivity index (χ4v) is 3.78. The summed E-state index contributed by atoms with van der Waals surface area (Å²) in [5.74, 6) is 0.460. The number of carbonyl (C=O) groups excluding carboxylic acids is 1.